The van der Waals surface area contributed by atoms with Crippen LogP contribution in [0.5, 0.6) is 0 Å². The van der Waals surface area contributed by atoms with Crippen LogP contribution in [0, 0.1) is 5.41 Å². The van der Waals surface area contributed by atoms with E-state index in [1.165, 1.54) is 48.0 Å². The summed E-state index contributed by atoms with van der Waals surface area (Å²) in [4.78, 5) is 12.2. The first-order valence-electron chi connectivity index (χ1n) is 11.1. The lowest BCUT2D eigenvalue weighted by atomic mass is 9.93. The van der Waals surface area contributed by atoms with Gasteiger partial charge in [0.2, 0.25) is 5.91 Å². The van der Waals surface area contributed by atoms with Crippen molar-refractivity contribution < 1.29 is 4.79 Å². The number of halogens is 2. The maximum absolute atomic E-state index is 12.2. The second-order valence-electron chi connectivity index (χ2n) is 9.40. The largest absolute Gasteiger partial charge is 0.326 e. The van der Waals surface area contributed by atoms with Crippen LogP contribution in [-0.4, -0.2) is 16.9 Å². The molecule has 0 radical (unpaired) electrons. The molecule has 0 saturated carbocycles. The van der Waals surface area contributed by atoms with Crippen LogP contribution in [0.25, 0.3) is 5.52 Å². The molecule has 2 heterocycles. The molecule has 0 fully saturated rings. The Kier molecular flexibility index (Phi) is 9.20. The standard InChI is InChI=1S/C26H33N3O.2ClH/c1-26(2,3)25(30)28-20-10-8-9-19(17-20)18-27-15-14-22-21-11-4-5-12-23(21)29-16-7-6-13-24(22)29;;/h6-10,13,16-17,27H,4-5,11-12,14-15,18H2,1-3H3,(H,28,30);2*1H. The molecule has 0 aliphatic heterocycles. The molecule has 2 N–H and O–H groups in total. The Morgan fingerprint density at radius 1 is 1.03 bits per heavy atom. The molecular formula is C26H35Cl2N3O. The number of carbonyl (C=O) groups is 1. The predicted molar refractivity (Wildman–Crippen MR) is 138 cm³/mol. The Bertz CT molecular complexity index is 1050. The summed E-state index contributed by atoms with van der Waals surface area (Å²) in [5, 5.41) is 6.62. The fourth-order valence-electron chi connectivity index (χ4n) is 4.36. The number of nitrogens with zero attached hydrogens (tertiary/aromatic N) is 1. The zero-order chi connectivity index (χ0) is 21.1. The van der Waals surface area contributed by atoms with Gasteiger partial charge in [0.15, 0.2) is 0 Å². The maximum Gasteiger partial charge on any atom is 0.229 e. The smallest absolute Gasteiger partial charge is 0.229 e. The van der Waals surface area contributed by atoms with Crippen LogP contribution in [0.2, 0.25) is 0 Å². The molecule has 1 aliphatic carbocycles. The van der Waals surface area contributed by atoms with Crippen molar-refractivity contribution >= 4 is 41.9 Å². The van der Waals surface area contributed by atoms with Crippen LogP contribution >= 0.6 is 24.8 Å². The van der Waals surface area contributed by atoms with Gasteiger partial charge in [0, 0.05) is 35.1 Å². The average Bonchev–Trinajstić information content (AvgIpc) is 3.05. The number of aryl methyl sites for hydroxylation is 1. The number of carbonyl (C=O) groups excluding carboxylic acids is 1. The number of amides is 1. The lowest BCUT2D eigenvalue weighted by Gasteiger charge is -2.18. The lowest BCUT2D eigenvalue weighted by Crippen LogP contribution is -2.27. The van der Waals surface area contributed by atoms with Gasteiger partial charge in [0.1, 0.15) is 0 Å². The molecule has 6 heteroatoms. The number of nitrogens with one attached hydrogen (secondary N) is 2. The fraction of sp³-hybridized carbons (Fsp3) is 0.423. The van der Waals surface area contributed by atoms with Gasteiger partial charge in [-0.05, 0) is 79.6 Å². The first-order chi connectivity index (χ1) is 14.4. The van der Waals surface area contributed by atoms with Crippen molar-refractivity contribution in [3.05, 3.63) is 71.0 Å². The summed E-state index contributed by atoms with van der Waals surface area (Å²) < 4.78 is 2.41. The van der Waals surface area contributed by atoms with Gasteiger partial charge in [-0.1, -0.05) is 39.0 Å². The normalized spacial score (nSPS) is 13.1. The minimum Gasteiger partial charge on any atom is -0.326 e. The number of pyridine rings is 1. The van der Waals surface area contributed by atoms with Gasteiger partial charge in [-0.3, -0.25) is 4.79 Å². The number of benzene rings is 1. The second-order valence-corrected chi connectivity index (χ2v) is 9.40. The van der Waals surface area contributed by atoms with Crippen molar-refractivity contribution in [3.8, 4) is 0 Å². The second kappa shape index (κ2) is 11.2. The molecule has 3 aromatic rings. The van der Waals surface area contributed by atoms with E-state index >= 15 is 0 Å². The number of anilines is 1. The van der Waals surface area contributed by atoms with E-state index in [2.05, 4.69) is 51.6 Å². The van der Waals surface area contributed by atoms with Gasteiger partial charge in [0.25, 0.3) is 0 Å². The predicted octanol–water partition coefficient (Wildman–Crippen LogP) is 5.98. The van der Waals surface area contributed by atoms with Crippen molar-refractivity contribution in [2.45, 2.75) is 59.4 Å². The Balaban J connectivity index is 0.00000181. The van der Waals surface area contributed by atoms with E-state index in [1.54, 1.807) is 5.56 Å². The summed E-state index contributed by atoms with van der Waals surface area (Å²) in [5.41, 5.74) is 7.65. The van der Waals surface area contributed by atoms with Crippen LogP contribution in [0.4, 0.5) is 5.69 Å². The monoisotopic (exact) mass is 475 g/mol. The van der Waals surface area contributed by atoms with E-state index in [-0.39, 0.29) is 30.7 Å². The van der Waals surface area contributed by atoms with E-state index in [0.29, 0.717) is 0 Å². The van der Waals surface area contributed by atoms with E-state index in [9.17, 15) is 4.79 Å². The Hall–Kier alpha value is -2.01. The summed E-state index contributed by atoms with van der Waals surface area (Å²) in [7, 11) is 0. The number of fused-ring (bicyclic) bond motifs is 3. The molecule has 0 spiro atoms. The maximum atomic E-state index is 12.2. The van der Waals surface area contributed by atoms with Crippen LogP contribution in [0.1, 0.15) is 56.0 Å². The third-order valence-electron chi connectivity index (χ3n) is 6.01. The summed E-state index contributed by atoms with van der Waals surface area (Å²) in [6, 6.07) is 14.7. The summed E-state index contributed by atoms with van der Waals surface area (Å²) >= 11 is 0. The van der Waals surface area contributed by atoms with E-state index in [0.717, 1.165) is 25.2 Å². The van der Waals surface area contributed by atoms with E-state index in [4.69, 9.17) is 0 Å². The molecule has 0 bridgehead atoms. The number of rotatable bonds is 6. The fourth-order valence-corrected chi connectivity index (χ4v) is 4.36. The highest BCUT2D eigenvalue weighted by Crippen LogP contribution is 2.30. The molecule has 0 saturated heterocycles. The Morgan fingerprint density at radius 3 is 2.59 bits per heavy atom. The molecule has 1 amide bonds. The van der Waals surface area contributed by atoms with Gasteiger partial charge in [-0.25, -0.2) is 0 Å². The summed E-state index contributed by atoms with van der Waals surface area (Å²) in [6.07, 6.45) is 8.27. The Labute approximate surface area is 204 Å². The van der Waals surface area contributed by atoms with Crippen molar-refractivity contribution in [2.24, 2.45) is 5.41 Å². The van der Waals surface area contributed by atoms with Crippen molar-refractivity contribution in [3.63, 3.8) is 0 Å². The lowest BCUT2D eigenvalue weighted by molar-refractivity contribution is -0.123. The van der Waals surface area contributed by atoms with Crippen LogP contribution in [0.3, 0.4) is 0 Å². The minimum atomic E-state index is -0.395. The number of hydrogen-bond donors (Lipinski definition) is 2. The highest BCUT2D eigenvalue weighted by atomic mass is 35.5. The molecule has 0 atom stereocenters. The average molecular weight is 476 g/mol. The molecule has 174 valence electrons. The first-order valence-corrected chi connectivity index (χ1v) is 11.1. The SMILES string of the molecule is CC(C)(C)C(=O)Nc1cccc(CNCCc2c3c(n4ccccc24)CCCC3)c1.Cl.Cl. The van der Waals surface area contributed by atoms with Gasteiger partial charge < -0.3 is 15.0 Å². The van der Waals surface area contributed by atoms with Crippen LogP contribution in [0.15, 0.2) is 48.7 Å². The first kappa shape index (κ1) is 26.2. The summed E-state index contributed by atoms with van der Waals surface area (Å²) in [6.45, 7) is 7.53. The molecular weight excluding hydrogens is 441 g/mol. The zero-order valence-electron chi connectivity index (χ0n) is 19.2. The minimum absolute atomic E-state index is 0. The van der Waals surface area contributed by atoms with Crippen molar-refractivity contribution in [2.75, 3.05) is 11.9 Å². The molecule has 1 aliphatic rings. The highest BCUT2D eigenvalue weighted by molar-refractivity contribution is 5.94. The third-order valence-corrected chi connectivity index (χ3v) is 6.01. The van der Waals surface area contributed by atoms with E-state index < -0.39 is 5.41 Å². The molecule has 4 nitrogen and oxygen atoms in total. The summed E-state index contributed by atoms with van der Waals surface area (Å²) in [5.74, 6) is 0.0398. The molecule has 2 aromatic heterocycles. The topological polar surface area (TPSA) is 45.5 Å². The molecule has 32 heavy (non-hydrogen) atoms. The molecule has 1 aromatic carbocycles. The van der Waals surface area contributed by atoms with Gasteiger partial charge in [-0.15, -0.1) is 24.8 Å². The van der Waals surface area contributed by atoms with Gasteiger partial charge >= 0.3 is 0 Å². The number of aromatic nitrogens is 1. The van der Waals surface area contributed by atoms with Crippen LogP contribution in [-0.2, 0) is 30.6 Å². The van der Waals surface area contributed by atoms with Gasteiger partial charge in [0.05, 0.1) is 0 Å². The van der Waals surface area contributed by atoms with Crippen LogP contribution < -0.4 is 10.6 Å². The molecule has 4 rings (SSSR count). The van der Waals surface area contributed by atoms with E-state index in [1.807, 2.05) is 32.9 Å². The van der Waals surface area contributed by atoms with Gasteiger partial charge in [-0.2, -0.15) is 0 Å². The van der Waals surface area contributed by atoms with Crippen molar-refractivity contribution in [1.29, 1.82) is 0 Å². The Morgan fingerprint density at radius 2 is 1.81 bits per heavy atom. The quantitative estimate of drug-likeness (QED) is 0.430. The highest BCUT2D eigenvalue weighted by Gasteiger charge is 2.21. The zero-order valence-corrected chi connectivity index (χ0v) is 20.9. The molecule has 0 unspecified atom stereocenters. The third kappa shape index (κ3) is 5.86. The number of hydrogen-bond acceptors (Lipinski definition) is 2. The van der Waals surface area contributed by atoms with Crippen molar-refractivity contribution in [1.82, 2.24) is 9.72 Å².